The number of ketones is 1. The number of aryl methyl sites for hydroxylation is 1. The van der Waals surface area contributed by atoms with E-state index in [9.17, 15) is 9.18 Å². The van der Waals surface area contributed by atoms with Gasteiger partial charge in [0.05, 0.1) is 10.6 Å². The summed E-state index contributed by atoms with van der Waals surface area (Å²) in [6.45, 7) is 1.99. The van der Waals surface area contributed by atoms with E-state index in [1.165, 1.54) is 35.2 Å². The average molecular weight is 394 g/mol. The van der Waals surface area contributed by atoms with Gasteiger partial charge in [-0.25, -0.2) is 4.39 Å². The van der Waals surface area contributed by atoms with Gasteiger partial charge >= 0.3 is 0 Å². The summed E-state index contributed by atoms with van der Waals surface area (Å²) in [5, 5.41) is 11.3. The topological polar surface area (TPSA) is 42.9 Å². The van der Waals surface area contributed by atoms with E-state index in [4.69, 9.17) is 0 Å². The lowest BCUT2D eigenvalue weighted by Crippen LogP contribution is -2.01. The van der Waals surface area contributed by atoms with Gasteiger partial charge in [0.2, 0.25) is 0 Å². The van der Waals surface area contributed by atoms with Gasteiger partial charge in [0.1, 0.15) is 16.5 Å². The van der Waals surface area contributed by atoms with Gasteiger partial charge < -0.3 is 0 Å². The Morgan fingerprint density at radius 1 is 1.00 bits per heavy atom. The number of carbonyl (C=O) groups excluding carboxylic acids is 1. The SMILES string of the molecule is Cc1ccc(C(=O)CSc2nnc(-c3ccc(F)cc3)c3ccccc23)s1. The Balaban J connectivity index is 1.65. The Bertz CT molecular complexity index is 1120. The van der Waals surface area contributed by atoms with Gasteiger partial charge in [-0.15, -0.1) is 21.5 Å². The smallest absolute Gasteiger partial charge is 0.183 e. The van der Waals surface area contributed by atoms with Crippen molar-refractivity contribution in [2.24, 2.45) is 0 Å². The van der Waals surface area contributed by atoms with Crippen LogP contribution < -0.4 is 0 Å². The highest BCUT2D eigenvalue weighted by Gasteiger charge is 2.14. The molecule has 0 spiro atoms. The molecule has 27 heavy (non-hydrogen) atoms. The molecular formula is C21H15FN2OS2. The molecule has 6 heteroatoms. The van der Waals surface area contributed by atoms with Crippen molar-refractivity contribution in [2.45, 2.75) is 11.9 Å². The highest BCUT2D eigenvalue weighted by molar-refractivity contribution is 8.00. The predicted molar refractivity (Wildman–Crippen MR) is 109 cm³/mol. The molecule has 0 bridgehead atoms. The van der Waals surface area contributed by atoms with Crippen LogP contribution in [0.5, 0.6) is 0 Å². The van der Waals surface area contributed by atoms with Crippen LogP contribution in [0.15, 0.2) is 65.7 Å². The molecule has 0 amide bonds. The second-order valence-corrected chi connectivity index (χ2v) is 8.28. The Hall–Kier alpha value is -2.57. The Morgan fingerprint density at radius 2 is 1.74 bits per heavy atom. The predicted octanol–water partition coefficient (Wildman–Crippen LogP) is 5.78. The molecule has 134 valence electrons. The van der Waals surface area contributed by atoms with Gasteiger partial charge in [-0.2, -0.15) is 0 Å². The van der Waals surface area contributed by atoms with Gasteiger partial charge in [0.25, 0.3) is 0 Å². The average Bonchev–Trinajstić information content (AvgIpc) is 3.13. The maximum Gasteiger partial charge on any atom is 0.183 e. The molecule has 0 unspecified atom stereocenters. The normalized spacial score (nSPS) is 11.0. The fraction of sp³-hybridized carbons (Fsp3) is 0.0952. The van der Waals surface area contributed by atoms with E-state index in [-0.39, 0.29) is 11.6 Å². The number of carbonyl (C=O) groups is 1. The number of hydrogen-bond donors (Lipinski definition) is 0. The van der Waals surface area contributed by atoms with Crippen LogP contribution in [0.4, 0.5) is 4.39 Å². The molecule has 0 fully saturated rings. The molecule has 2 heterocycles. The molecule has 3 nitrogen and oxygen atoms in total. The number of hydrogen-bond acceptors (Lipinski definition) is 5. The molecule has 0 atom stereocenters. The first-order chi connectivity index (χ1) is 13.1. The maximum absolute atomic E-state index is 13.2. The number of thioether (sulfide) groups is 1. The molecule has 0 saturated heterocycles. The summed E-state index contributed by atoms with van der Waals surface area (Å²) in [7, 11) is 0. The third-order valence-corrected chi connectivity index (χ3v) is 6.15. The quantitative estimate of drug-likeness (QED) is 0.318. The zero-order valence-corrected chi connectivity index (χ0v) is 16.1. The number of thiophene rings is 1. The Morgan fingerprint density at radius 3 is 2.44 bits per heavy atom. The minimum Gasteiger partial charge on any atom is -0.292 e. The molecule has 4 aromatic rings. The van der Waals surface area contributed by atoms with Gasteiger partial charge in [0.15, 0.2) is 5.78 Å². The van der Waals surface area contributed by atoms with E-state index in [2.05, 4.69) is 10.2 Å². The van der Waals surface area contributed by atoms with Crippen molar-refractivity contribution in [1.82, 2.24) is 10.2 Å². The minimum absolute atomic E-state index is 0.0894. The zero-order valence-electron chi connectivity index (χ0n) is 14.5. The van der Waals surface area contributed by atoms with Crippen LogP contribution >= 0.6 is 23.1 Å². The van der Waals surface area contributed by atoms with E-state index in [0.717, 1.165) is 31.1 Å². The lowest BCUT2D eigenvalue weighted by atomic mass is 10.1. The van der Waals surface area contributed by atoms with Crippen molar-refractivity contribution in [2.75, 3.05) is 5.75 Å². The number of aromatic nitrogens is 2. The number of Topliss-reactive ketones (excluding diaryl/α,β-unsaturated/α-hetero) is 1. The summed E-state index contributed by atoms with van der Waals surface area (Å²) >= 11 is 2.90. The van der Waals surface area contributed by atoms with Crippen molar-refractivity contribution in [3.63, 3.8) is 0 Å². The lowest BCUT2D eigenvalue weighted by Gasteiger charge is -2.09. The molecule has 0 N–H and O–H groups in total. The molecular weight excluding hydrogens is 379 g/mol. The van der Waals surface area contributed by atoms with E-state index in [1.807, 2.05) is 43.3 Å². The van der Waals surface area contributed by atoms with Crippen LogP contribution in [-0.2, 0) is 0 Å². The molecule has 0 saturated carbocycles. The van der Waals surface area contributed by atoms with Crippen molar-refractivity contribution >= 4 is 39.7 Å². The number of halogens is 1. The first kappa shape index (κ1) is 17.8. The monoisotopic (exact) mass is 394 g/mol. The van der Waals surface area contributed by atoms with Crippen LogP contribution in [0.3, 0.4) is 0 Å². The van der Waals surface area contributed by atoms with E-state index < -0.39 is 0 Å². The first-order valence-electron chi connectivity index (χ1n) is 8.35. The second kappa shape index (κ2) is 7.58. The fourth-order valence-corrected chi connectivity index (χ4v) is 4.55. The minimum atomic E-state index is -0.287. The maximum atomic E-state index is 13.2. The zero-order chi connectivity index (χ0) is 18.8. The van der Waals surface area contributed by atoms with Gasteiger partial charge in [-0.3, -0.25) is 4.79 Å². The summed E-state index contributed by atoms with van der Waals surface area (Å²) in [5.41, 5.74) is 1.51. The van der Waals surface area contributed by atoms with Crippen molar-refractivity contribution in [1.29, 1.82) is 0 Å². The Labute approximate surface area is 164 Å². The number of fused-ring (bicyclic) bond motifs is 1. The van der Waals surface area contributed by atoms with Crippen molar-refractivity contribution < 1.29 is 9.18 Å². The summed E-state index contributed by atoms with van der Waals surface area (Å²) in [4.78, 5) is 14.3. The molecule has 0 aliphatic heterocycles. The molecule has 0 aliphatic rings. The van der Waals surface area contributed by atoms with Crippen LogP contribution in [0.1, 0.15) is 14.5 Å². The van der Waals surface area contributed by atoms with E-state index in [1.54, 1.807) is 12.1 Å². The number of benzene rings is 2. The molecule has 0 aliphatic carbocycles. The first-order valence-corrected chi connectivity index (χ1v) is 10.2. The van der Waals surface area contributed by atoms with Crippen molar-refractivity contribution in [3.05, 3.63) is 76.2 Å². The number of nitrogens with zero attached hydrogens (tertiary/aromatic N) is 2. The standard InChI is InChI=1S/C21H15FN2OS2/c1-13-6-11-19(27-13)18(25)12-26-21-17-5-3-2-4-16(17)20(23-24-21)14-7-9-15(22)10-8-14/h2-11H,12H2,1H3. The van der Waals surface area contributed by atoms with E-state index >= 15 is 0 Å². The van der Waals surface area contributed by atoms with E-state index in [0.29, 0.717) is 11.4 Å². The van der Waals surface area contributed by atoms with Crippen LogP contribution in [0.2, 0.25) is 0 Å². The lowest BCUT2D eigenvalue weighted by molar-refractivity contribution is 0.102. The highest BCUT2D eigenvalue weighted by atomic mass is 32.2. The summed E-state index contributed by atoms with van der Waals surface area (Å²) < 4.78 is 13.2. The second-order valence-electron chi connectivity index (χ2n) is 6.03. The third kappa shape index (κ3) is 3.77. The van der Waals surface area contributed by atoms with Gasteiger partial charge in [0, 0.05) is 21.2 Å². The van der Waals surface area contributed by atoms with Crippen LogP contribution in [-0.4, -0.2) is 21.7 Å². The summed E-state index contributed by atoms with van der Waals surface area (Å²) in [5.74, 6) is 0.117. The largest absolute Gasteiger partial charge is 0.292 e. The summed E-state index contributed by atoms with van der Waals surface area (Å²) in [6.07, 6.45) is 0. The molecule has 0 radical (unpaired) electrons. The third-order valence-electron chi connectivity index (χ3n) is 4.13. The molecule has 4 rings (SSSR count). The Kier molecular flexibility index (Phi) is 5.01. The fourth-order valence-electron chi connectivity index (χ4n) is 2.80. The number of rotatable bonds is 5. The van der Waals surface area contributed by atoms with Crippen molar-refractivity contribution in [3.8, 4) is 11.3 Å². The van der Waals surface area contributed by atoms with Gasteiger partial charge in [-0.1, -0.05) is 36.0 Å². The van der Waals surface area contributed by atoms with Crippen LogP contribution in [0, 0.1) is 12.7 Å². The highest BCUT2D eigenvalue weighted by Crippen LogP contribution is 2.32. The van der Waals surface area contributed by atoms with Crippen LogP contribution in [0.25, 0.3) is 22.0 Å². The van der Waals surface area contributed by atoms with Gasteiger partial charge in [-0.05, 0) is 43.3 Å². The summed E-state index contributed by atoms with van der Waals surface area (Å²) in [6, 6.07) is 17.8. The molecule has 2 aromatic carbocycles. The molecule has 2 aromatic heterocycles.